The van der Waals surface area contributed by atoms with Gasteiger partial charge in [0, 0.05) is 5.56 Å². The van der Waals surface area contributed by atoms with Gasteiger partial charge in [0.15, 0.2) is 5.84 Å². The number of hydrogen-bond acceptors (Lipinski definition) is 4. The van der Waals surface area contributed by atoms with Gasteiger partial charge in [0.2, 0.25) is 0 Å². The maximum Gasteiger partial charge on any atom is 0.416 e. The number of benzene rings is 3. The molecule has 0 aliphatic heterocycles. The molecule has 3 rings (SSSR count). The highest BCUT2D eigenvalue weighted by molar-refractivity contribution is 6.01. The zero-order valence-corrected chi connectivity index (χ0v) is 15.8. The van der Waals surface area contributed by atoms with E-state index in [2.05, 4.69) is 10.5 Å². The second-order valence-electron chi connectivity index (χ2n) is 6.09. The molecule has 0 amide bonds. The van der Waals surface area contributed by atoms with Crippen molar-refractivity contribution in [1.29, 1.82) is 0 Å². The molecule has 30 heavy (non-hydrogen) atoms. The van der Waals surface area contributed by atoms with E-state index in [4.69, 9.17) is 9.57 Å². The van der Waals surface area contributed by atoms with Crippen LogP contribution in [0.4, 0.5) is 18.9 Å². The lowest BCUT2D eigenvalue weighted by molar-refractivity contribution is -0.137. The molecule has 5 nitrogen and oxygen atoms in total. The molecule has 8 heteroatoms. The Kier molecular flexibility index (Phi) is 6.36. The normalized spacial score (nSPS) is 11.7. The smallest absolute Gasteiger partial charge is 0.416 e. The molecule has 3 aromatic carbocycles. The number of alkyl halides is 3. The van der Waals surface area contributed by atoms with Gasteiger partial charge in [-0.2, -0.15) is 18.7 Å². The number of aliphatic imine (C=N–C) groups is 1. The van der Waals surface area contributed by atoms with Crippen molar-refractivity contribution in [2.45, 2.75) is 6.18 Å². The molecule has 0 radical (unpaired) electrons. The third-order valence-electron chi connectivity index (χ3n) is 4.05. The van der Waals surface area contributed by atoms with E-state index in [9.17, 15) is 18.0 Å². The Balaban J connectivity index is 1.78. The molecule has 0 spiro atoms. The molecule has 0 atom stereocenters. The van der Waals surface area contributed by atoms with Crippen LogP contribution >= 0.6 is 0 Å². The summed E-state index contributed by atoms with van der Waals surface area (Å²) in [5.41, 5.74) is 2.84. The molecular formula is C22H17F3N2O3. The van der Waals surface area contributed by atoms with Gasteiger partial charge in [0.05, 0.1) is 23.9 Å². The van der Waals surface area contributed by atoms with E-state index in [0.717, 1.165) is 24.3 Å². The van der Waals surface area contributed by atoms with Gasteiger partial charge < -0.3 is 9.57 Å². The zero-order chi connectivity index (χ0) is 21.6. The number of nitrogens with one attached hydrogen (secondary N) is 1. The van der Waals surface area contributed by atoms with Gasteiger partial charge in [-0.1, -0.05) is 30.3 Å². The van der Waals surface area contributed by atoms with Crippen LogP contribution in [0.15, 0.2) is 83.9 Å². The first-order valence-electron chi connectivity index (χ1n) is 8.79. The number of hydroxylamine groups is 1. The van der Waals surface area contributed by atoms with Crippen LogP contribution in [-0.2, 0) is 11.0 Å². The van der Waals surface area contributed by atoms with Gasteiger partial charge in [-0.3, -0.25) is 0 Å². The van der Waals surface area contributed by atoms with E-state index in [1.165, 1.54) is 0 Å². The van der Waals surface area contributed by atoms with E-state index in [1.807, 2.05) is 6.07 Å². The van der Waals surface area contributed by atoms with Crippen LogP contribution in [-0.4, -0.2) is 18.9 Å². The zero-order valence-electron chi connectivity index (χ0n) is 15.8. The minimum atomic E-state index is -4.48. The number of halogens is 3. The van der Waals surface area contributed by atoms with Crippen molar-refractivity contribution < 1.29 is 27.5 Å². The Morgan fingerprint density at radius 1 is 0.867 bits per heavy atom. The quantitative estimate of drug-likeness (QED) is 0.364. The van der Waals surface area contributed by atoms with Crippen molar-refractivity contribution in [1.82, 2.24) is 5.48 Å². The number of hydrogen-bond donors (Lipinski definition) is 1. The molecular weight excluding hydrogens is 397 g/mol. The topological polar surface area (TPSA) is 59.9 Å². The predicted octanol–water partition coefficient (Wildman–Crippen LogP) is 5.15. The van der Waals surface area contributed by atoms with Crippen LogP contribution in [0, 0.1) is 0 Å². The molecule has 0 aliphatic carbocycles. The van der Waals surface area contributed by atoms with E-state index in [-0.39, 0.29) is 11.4 Å². The van der Waals surface area contributed by atoms with Crippen LogP contribution < -0.4 is 10.2 Å². The molecule has 3 aromatic rings. The van der Waals surface area contributed by atoms with Crippen LogP contribution in [0.1, 0.15) is 21.5 Å². The first-order valence-corrected chi connectivity index (χ1v) is 8.79. The lowest BCUT2D eigenvalue weighted by Crippen LogP contribution is -2.28. The number of amidine groups is 1. The molecule has 0 aliphatic rings. The SMILES string of the molecule is COc1ccc(N=C(NOC(=O)c2ccc(C(F)(F)F)cc2)c2ccccc2)cc1. The van der Waals surface area contributed by atoms with Crippen molar-refractivity contribution >= 4 is 17.5 Å². The Morgan fingerprint density at radius 2 is 1.50 bits per heavy atom. The van der Waals surface area contributed by atoms with Gasteiger partial charge in [-0.25, -0.2) is 9.79 Å². The van der Waals surface area contributed by atoms with Crippen molar-refractivity contribution in [2.24, 2.45) is 4.99 Å². The molecule has 0 bridgehead atoms. The lowest BCUT2D eigenvalue weighted by atomic mass is 10.1. The Labute approximate surface area is 170 Å². The number of carbonyl (C=O) groups excluding carboxylic acids is 1. The Bertz CT molecular complexity index is 1020. The summed E-state index contributed by atoms with van der Waals surface area (Å²) in [5, 5.41) is 0. The minimum absolute atomic E-state index is 0.0349. The monoisotopic (exact) mass is 414 g/mol. The van der Waals surface area contributed by atoms with Crippen molar-refractivity contribution in [3.05, 3.63) is 95.6 Å². The Morgan fingerprint density at radius 3 is 2.07 bits per heavy atom. The first-order chi connectivity index (χ1) is 14.4. The van der Waals surface area contributed by atoms with Crippen molar-refractivity contribution in [3.8, 4) is 5.75 Å². The summed E-state index contributed by atoms with van der Waals surface area (Å²) in [4.78, 5) is 21.7. The van der Waals surface area contributed by atoms with Gasteiger partial charge >= 0.3 is 12.1 Å². The van der Waals surface area contributed by atoms with E-state index in [0.29, 0.717) is 17.0 Å². The molecule has 0 saturated carbocycles. The molecule has 0 aromatic heterocycles. The standard InChI is InChI=1S/C22H17F3N2O3/c1-29-19-13-11-18(12-14-19)26-20(15-5-3-2-4-6-15)27-30-21(28)16-7-9-17(10-8-16)22(23,24)25/h2-14H,1H3,(H,26,27). The van der Waals surface area contributed by atoms with Crippen molar-refractivity contribution in [3.63, 3.8) is 0 Å². The highest BCUT2D eigenvalue weighted by Gasteiger charge is 2.30. The summed E-state index contributed by atoms with van der Waals surface area (Å²) in [6, 6.07) is 19.6. The van der Waals surface area contributed by atoms with Crippen molar-refractivity contribution in [2.75, 3.05) is 7.11 Å². The molecule has 0 heterocycles. The fourth-order valence-corrected chi connectivity index (χ4v) is 2.48. The number of carbonyl (C=O) groups is 1. The molecule has 0 fully saturated rings. The van der Waals surface area contributed by atoms with Crippen LogP contribution in [0.2, 0.25) is 0 Å². The van der Waals surface area contributed by atoms with Gasteiger partial charge in [-0.15, -0.1) is 0 Å². The number of rotatable bonds is 4. The number of nitrogens with zero attached hydrogens (tertiary/aromatic N) is 1. The second-order valence-corrected chi connectivity index (χ2v) is 6.09. The first kappa shape index (κ1) is 20.9. The van der Waals surface area contributed by atoms with Gasteiger partial charge in [-0.05, 0) is 48.5 Å². The average Bonchev–Trinajstić information content (AvgIpc) is 2.77. The lowest BCUT2D eigenvalue weighted by Gasteiger charge is -2.11. The summed E-state index contributed by atoms with van der Waals surface area (Å²) in [6.45, 7) is 0. The predicted molar refractivity (Wildman–Crippen MR) is 106 cm³/mol. The maximum absolute atomic E-state index is 12.7. The summed E-state index contributed by atoms with van der Waals surface area (Å²) in [5.74, 6) is 0.0695. The van der Waals surface area contributed by atoms with E-state index >= 15 is 0 Å². The highest BCUT2D eigenvalue weighted by atomic mass is 19.4. The second kappa shape index (κ2) is 9.13. The summed E-state index contributed by atoms with van der Waals surface area (Å²) in [7, 11) is 1.55. The van der Waals surface area contributed by atoms with Crippen LogP contribution in [0.3, 0.4) is 0 Å². The summed E-state index contributed by atoms with van der Waals surface area (Å²) in [6.07, 6.45) is -4.48. The summed E-state index contributed by atoms with van der Waals surface area (Å²) < 4.78 is 43.1. The third kappa shape index (κ3) is 5.38. The minimum Gasteiger partial charge on any atom is -0.497 e. The third-order valence-corrected chi connectivity index (χ3v) is 4.05. The molecule has 1 N–H and O–H groups in total. The molecule has 0 unspecified atom stereocenters. The number of methoxy groups -OCH3 is 1. The van der Waals surface area contributed by atoms with Gasteiger partial charge in [0.1, 0.15) is 5.75 Å². The van der Waals surface area contributed by atoms with Gasteiger partial charge in [0.25, 0.3) is 0 Å². The van der Waals surface area contributed by atoms with E-state index in [1.54, 1.807) is 55.6 Å². The average molecular weight is 414 g/mol. The fourth-order valence-electron chi connectivity index (χ4n) is 2.48. The highest BCUT2D eigenvalue weighted by Crippen LogP contribution is 2.29. The molecule has 154 valence electrons. The van der Waals surface area contributed by atoms with Crippen LogP contribution in [0.5, 0.6) is 5.75 Å². The number of ether oxygens (including phenoxy) is 1. The molecule has 0 saturated heterocycles. The summed E-state index contributed by atoms with van der Waals surface area (Å²) >= 11 is 0. The largest absolute Gasteiger partial charge is 0.497 e. The fraction of sp³-hybridized carbons (Fsp3) is 0.0909. The van der Waals surface area contributed by atoms with Crippen LogP contribution in [0.25, 0.3) is 0 Å². The Hall–Kier alpha value is -3.81. The maximum atomic E-state index is 12.7. The van der Waals surface area contributed by atoms with E-state index < -0.39 is 17.7 Å².